The Morgan fingerprint density at radius 2 is 2.11 bits per heavy atom. The van der Waals surface area contributed by atoms with Gasteiger partial charge < -0.3 is 0 Å². The Bertz CT molecular complexity index is 200. The van der Waals surface area contributed by atoms with Crippen molar-refractivity contribution < 1.29 is 4.39 Å². The summed E-state index contributed by atoms with van der Waals surface area (Å²) < 4.78 is 12.5. The summed E-state index contributed by atoms with van der Waals surface area (Å²) in [4.78, 5) is 0. The molecule has 1 rings (SSSR count). The Balaban J connectivity index is 3.25. The quantitative estimate of drug-likeness (QED) is 0.525. The van der Waals surface area contributed by atoms with Crippen LogP contribution >= 0.6 is 11.6 Å². The molecule has 48 valence electrons. The lowest BCUT2D eigenvalue weighted by molar-refractivity contribution is 0.618. The van der Waals surface area contributed by atoms with Crippen LogP contribution in [0.1, 0.15) is 5.56 Å². The lowest BCUT2D eigenvalue weighted by atomic mass is 10.2. The molecule has 0 fully saturated rings. The highest BCUT2D eigenvalue weighted by Crippen LogP contribution is 2.16. The summed E-state index contributed by atoms with van der Waals surface area (Å²) in [5, 5.41) is 0.481. The van der Waals surface area contributed by atoms with Crippen molar-refractivity contribution >= 4 is 11.6 Å². The van der Waals surface area contributed by atoms with E-state index in [2.05, 4.69) is 0 Å². The topological polar surface area (TPSA) is 0 Å². The first-order chi connectivity index (χ1) is 4.22. The van der Waals surface area contributed by atoms with Gasteiger partial charge >= 0.3 is 0 Å². The second kappa shape index (κ2) is 2.36. The fraction of sp³-hybridized carbons (Fsp3) is 0.143. The highest BCUT2D eigenvalue weighted by atomic mass is 35.5. The Hall–Kier alpha value is -0.560. The SMILES string of the molecule is Cc1c(F)cccc1Cl. The number of benzene rings is 1. The molecule has 9 heavy (non-hydrogen) atoms. The Labute approximate surface area is 58.3 Å². The van der Waals surface area contributed by atoms with Crippen molar-refractivity contribution in [3.63, 3.8) is 0 Å². The minimum Gasteiger partial charge on any atom is -0.207 e. The standard InChI is InChI=1S/C7H6ClF/c1-5-6(8)3-2-4-7(5)9/h2-4H,1H3. The molecule has 1 aromatic carbocycles. The Morgan fingerprint density at radius 1 is 1.44 bits per heavy atom. The van der Waals surface area contributed by atoms with Crippen LogP contribution in [-0.2, 0) is 0 Å². The lowest BCUT2D eigenvalue weighted by Gasteiger charge is -1.95. The summed E-state index contributed by atoms with van der Waals surface area (Å²) in [5.74, 6) is -0.248. The van der Waals surface area contributed by atoms with Crippen molar-refractivity contribution in [2.45, 2.75) is 6.92 Å². The van der Waals surface area contributed by atoms with Crippen molar-refractivity contribution in [2.75, 3.05) is 0 Å². The maximum atomic E-state index is 12.5. The zero-order valence-corrected chi connectivity index (χ0v) is 5.74. The van der Waals surface area contributed by atoms with Crippen LogP contribution in [0.5, 0.6) is 0 Å². The summed E-state index contributed by atoms with van der Waals surface area (Å²) in [6.45, 7) is 1.65. The predicted molar refractivity (Wildman–Crippen MR) is 36.1 cm³/mol. The summed E-state index contributed by atoms with van der Waals surface area (Å²) in [5.41, 5.74) is 0.513. The van der Waals surface area contributed by atoms with Crippen molar-refractivity contribution in [2.24, 2.45) is 0 Å². The van der Waals surface area contributed by atoms with E-state index >= 15 is 0 Å². The molecule has 0 aliphatic rings. The largest absolute Gasteiger partial charge is 0.207 e. The first-order valence-electron chi connectivity index (χ1n) is 2.62. The molecule has 0 saturated heterocycles. The van der Waals surface area contributed by atoms with Crippen molar-refractivity contribution in [3.05, 3.63) is 34.6 Å². The Morgan fingerprint density at radius 3 is 2.56 bits per heavy atom. The van der Waals surface area contributed by atoms with E-state index in [0.29, 0.717) is 10.6 Å². The maximum absolute atomic E-state index is 12.5. The molecule has 0 nitrogen and oxygen atoms in total. The molecule has 0 aliphatic carbocycles. The van der Waals surface area contributed by atoms with Crippen LogP contribution in [0.2, 0.25) is 5.02 Å². The molecule has 0 radical (unpaired) electrons. The van der Waals surface area contributed by atoms with Crippen LogP contribution < -0.4 is 0 Å². The third-order valence-electron chi connectivity index (χ3n) is 1.20. The van der Waals surface area contributed by atoms with E-state index in [1.807, 2.05) is 0 Å². The third kappa shape index (κ3) is 1.22. The van der Waals surface area contributed by atoms with Gasteiger partial charge in [0.2, 0.25) is 0 Å². The molecule has 2 heteroatoms. The predicted octanol–water partition coefficient (Wildman–Crippen LogP) is 2.79. The minimum atomic E-state index is -0.248. The van der Waals surface area contributed by atoms with Gasteiger partial charge in [-0.3, -0.25) is 0 Å². The summed E-state index contributed by atoms with van der Waals surface area (Å²) >= 11 is 5.57. The van der Waals surface area contributed by atoms with Crippen molar-refractivity contribution in [3.8, 4) is 0 Å². The van der Waals surface area contributed by atoms with E-state index in [4.69, 9.17) is 11.6 Å². The first kappa shape index (κ1) is 6.56. The smallest absolute Gasteiger partial charge is 0.127 e. The second-order valence-electron chi connectivity index (χ2n) is 1.85. The fourth-order valence-electron chi connectivity index (χ4n) is 0.581. The van der Waals surface area contributed by atoms with Crippen LogP contribution in [-0.4, -0.2) is 0 Å². The molecule has 0 unspecified atom stereocenters. The van der Waals surface area contributed by atoms with Gasteiger partial charge in [0.05, 0.1) is 0 Å². The summed E-state index contributed by atoms with van der Waals surface area (Å²) in [7, 11) is 0. The highest BCUT2D eigenvalue weighted by molar-refractivity contribution is 6.31. The maximum Gasteiger partial charge on any atom is 0.127 e. The van der Waals surface area contributed by atoms with Gasteiger partial charge in [0.15, 0.2) is 0 Å². The molecule has 0 spiro atoms. The van der Waals surface area contributed by atoms with Crippen molar-refractivity contribution in [1.29, 1.82) is 0 Å². The van der Waals surface area contributed by atoms with Crippen LogP contribution in [0.25, 0.3) is 0 Å². The summed E-state index contributed by atoms with van der Waals surface area (Å²) in [6.07, 6.45) is 0. The van der Waals surface area contributed by atoms with Crippen LogP contribution in [0, 0.1) is 12.7 Å². The molecule has 0 atom stereocenters. The molecule has 0 aromatic heterocycles. The molecular formula is C7H6ClF. The zero-order valence-electron chi connectivity index (χ0n) is 4.99. The molecule has 0 heterocycles. The van der Waals surface area contributed by atoms with Gasteiger partial charge in [0.1, 0.15) is 5.82 Å². The van der Waals surface area contributed by atoms with Gasteiger partial charge in [-0.15, -0.1) is 0 Å². The number of halogens is 2. The van der Waals surface area contributed by atoms with E-state index in [1.54, 1.807) is 19.1 Å². The third-order valence-corrected chi connectivity index (χ3v) is 1.61. The number of hydrogen-bond acceptors (Lipinski definition) is 0. The monoisotopic (exact) mass is 144 g/mol. The van der Waals surface area contributed by atoms with Crippen LogP contribution in [0.3, 0.4) is 0 Å². The number of rotatable bonds is 0. The van der Waals surface area contributed by atoms with Gasteiger partial charge in [0.25, 0.3) is 0 Å². The molecule has 0 amide bonds. The molecule has 0 bridgehead atoms. The average Bonchev–Trinajstić information content (AvgIpc) is 1.83. The zero-order chi connectivity index (χ0) is 6.85. The number of hydrogen-bond donors (Lipinski definition) is 0. The van der Waals surface area contributed by atoms with Gasteiger partial charge in [-0.05, 0) is 19.1 Å². The normalized spacial score (nSPS) is 9.67. The van der Waals surface area contributed by atoms with Gasteiger partial charge in [-0.25, -0.2) is 4.39 Å². The molecule has 0 saturated carbocycles. The Kier molecular flexibility index (Phi) is 1.72. The van der Waals surface area contributed by atoms with Gasteiger partial charge in [-0.1, -0.05) is 17.7 Å². The summed E-state index contributed by atoms with van der Waals surface area (Å²) in [6, 6.07) is 4.64. The highest BCUT2D eigenvalue weighted by Gasteiger charge is 1.97. The van der Waals surface area contributed by atoms with Crippen molar-refractivity contribution in [1.82, 2.24) is 0 Å². The van der Waals surface area contributed by atoms with Gasteiger partial charge in [0, 0.05) is 10.6 Å². The second-order valence-corrected chi connectivity index (χ2v) is 2.25. The first-order valence-corrected chi connectivity index (χ1v) is 3.00. The lowest BCUT2D eigenvalue weighted by Crippen LogP contribution is -1.80. The molecule has 0 N–H and O–H groups in total. The van der Waals surface area contributed by atoms with E-state index < -0.39 is 0 Å². The van der Waals surface area contributed by atoms with Gasteiger partial charge in [-0.2, -0.15) is 0 Å². The molecule has 0 aliphatic heterocycles. The van der Waals surface area contributed by atoms with E-state index in [-0.39, 0.29) is 5.82 Å². The van der Waals surface area contributed by atoms with Crippen LogP contribution in [0.4, 0.5) is 4.39 Å². The molecular weight excluding hydrogens is 139 g/mol. The molecule has 1 aromatic rings. The fourth-order valence-corrected chi connectivity index (χ4v) is 0.744. The van der Waals surface area contributed by atoms with E-state index in [9.17, 15) is 4.39 Å². The average molecular weight is 145 g/mol. The van der Waals surface area contributed by atoms with E-state index in [1.165, 1.54) is 6.07 Å². The minimum absolute atomic E-state index is 0.248. The van der Waals surface area contributed by atoms with E-state index in [0.717, 1.165) is 0 Å². The van der Waals surface area contributed by atoms with Crippen LogP contribution in [0.15, 0.2) is 18.2 Å².